The highest BCUT2D eigenvalue weighted by Gasteiger charge is 2.17. The van der Waals surface area contributed by atoms with Crippen LogP contribution >= 0.6 is 0 Å². The average Bonchev–Trinajstić information content (AvgIpc) is 2.48. The fourth-order valence-corrected chi connectivity index (χ4v) is 2.47. The zero-order valence-electron chi connectivity index (χ0n) is 11.7. The second-order valence-electron chi connectivity index (χ2n) is 4.94. The number of non-ortho nitro benzene ring substituents is 1. The quantitative estimate of drug-likeness (QED) is 0.528. The van der Waals surface area contributed by atoms with E-state index in [-0.39, 0.29) is 10.6 Å². The van der Waals surface area contributed by atoms with Crippen LogP contribution in [0.3, 0.4) is 0 Å². The Kier molecular flexibility index (Phi) is 3.10. The van der Waals surface area contributed by atoms with Gasteiger partial charge in [0.25, 0.3) is 5.69 Å². The Hall–Kier alpha value is -2.82. The van der Waals surface area contributed by atoms with Crippen molar-refractivity contribution in [2.75, 3.05) is 0 Å². The van der Waals surface area contributed by atoms with E-state index in [4.69, 9.17) is 0 Å². The summed E-state index contributed by atoms with van der Waals surface area (Å²) in [7, 11) is 0. The van der Waals surface area contributed by atoms with E-state index in [1.54, 1.807) is 24.5 Å². The molecule has 0 bridgehead atoms. The minimum absolute atomic E-state index is 0.0990. The van der Waals surface area contributed by atoms with Gasteiger partial charge in [-0.3, -0.25) is 15.1 Å². The third-order valence-electron chi connectivity index (χ3n) is 3.51. The van der Waals surface area contributed by atoms with E-state index in [1.165, 1.54) is 0 Å². The molecule has 0 unspecified atom stereocenters. The van der Waals surface area contributed by atoms with Crippen molar-refractivity contribution in [1.29, 1.82) is 0 Å². The lowest BCUT2D eigenvalue weighted by Gasteiger charge is -2.09. The van der Waals surface area contributed by atoms with Crippen LogP contribution < -0.4 is 0 Å². The largest absolute Gasteiger partial charge is 0.279 e. The van der Waals surface area contributed by atoms with Crippen molar-refractivity contribution in [3.8, 4) is 11.3 Å². The Balaban J connectivity index is 2.35. The number of nitro benzene ring substituents is 1. The molecular weight excluding hydrogens is 266 g/mol. The Morgan fingerprint density at radius 3 is 2.43 bits per heavy atom. The lowest BCUT2D eigenvalue weighted by molar-refractivity contribution is -0.383. The predicted octanol–water partition coefficient (Wildman–Crippen LogP) is 3.82. The van der Waals surface area contributed by atoms with Crippen molar-refractivity contribution in [2.45, 2.75) is 13.8 Å². The first-order valence-corrected chi connectivity index (χ1v) is 6.53. The number of rotatable bonds is 2. The molecule has 0 amide bonds. The molecule has 2 aromatic heterocycles. The molecule has 1 aromatic carbocycles. The third kappa shape index (κ3) is 2.23. The van der Waals surface area contributed by atoms with Gasteiger partial charge in [-0.1, -0.05) is 6.07 Å². The van der Waals surface area contributed by atoms with Gasteiger partial charge in [-0.25, -0.2) is 4.98 Å². The summed E-state index contributed by atoms with van der Waals surface area (Å²) < 4.78 is 0. The average molecular weight is 279 g/mol. The van der Waals surface area contributed by atoms with Crippen LogP contribution in [-0.4, -0.2) is 14.9 Å². The number of hydrogen-bond acceptors (Lipinski definition) is 4. The third-order valence-corrected chi connectivity index (χ3v) is 3.51. The minimum Gasteiger partial charge on any atom is -0.265 e. The van der Waals surface area contributed by atoms with E-state index in [2.05, 4.69) is 9.97 Å². The molecule has 3 rings (SSSR count). The maximum atomic E-state index is 11.2. The van der Waals surface area contributed by atoms with Crippen molar-refractivity contribution in [1.82, 2.24) is 9.97 Å². The monoisotopic (exact) mass is 279 g/mol. The van der Waals surface area contributed by atoms with Crippen LogP contribution in [0, 0.1) is 24.0 Å². The molecular formula is C16H13N3O2. The maximum Gasteiger partial charge on any atom is 0.279 e. The van der Waals surface area contributed by atoms with Crippen molar-refractivity contribution in [3.05, 3.63) is 64.0 Å². The van der Waals surface area contributed by atoms with Crippen LogP contribution in [0.15, 0.2) is 42.7 Å². The molecule has 104 valence electrons. The van der Waals surface area contributed by atoms with Crippen LogP contribution in [0.2, 0.25) is 0 Å². The first-order chi connectivity index (χ1) is 10.1. The molecule has 2 heterocycles. The number of aryl methyl sites for hydroxylation is 2. The van der Waals surface area contributed by atoms with Crippen molar-refractivity contribution >= 4 is 16.6 Å². The smallest absolute Gasteiger partial charge is 0.265 e. The number of benzene rings is 1. The molecule has 0 N–H and O–H groups in total. The van der Waals surface area contributed by atoms with Gasteiger partial charge in [-0.05, 0) is 43.2 Å². The molecule has 0 spiro atoms. The maximum absolute atomic E-state index is 11.2. The predicted molar refractivity (Wildman–Crippen MR) is 81.1 cm³/mol. The second kappa shape index (κ2) is 4.94. The molecule has 5 heteroatoms. The zero-order valence-corrected chi connectivity index (χ0v) is 11.7. The molecule has 21 heavy (non-hydrogen) atoms. The standard InChI is InChI=1S/C16H13N3O2/c1-10-3-4-14(19(20)21)15-11(2)9-13(18-16(10)15)12-5-7-17-8-6-12/h3-9H,1-2H3. The van der Waals surface area contributed by atoms with E-state index in [9.17, 15) is 10.1 Å². The summed E-state index contributed by atoms with van der Waals surface area (Å²) in [5, 5.41) is 11.8. The molecule has 0 saturated heterocycles. The molecule has 0 aliphatic heterocycles. The normalized spacial score (nSPS) is 10.8. The molecule has 0 aliphatic carbocycles. The van der Waals surface area contributed by atoms with Crippen LogP contribution in [0.1, 0.15) is 11.1 Å². The number of aromatic nitrogens is 2. The highest BCUT2D eigenvalue weighted by Crippen LogP contribution is 2.32. The lowest BCUT2D eigenvalue weighted by atomic mass is 10.0. The topological polar surface area (TPSA) is 68.9 Å². The Bertz CT molecular complexity index is 845. The van der Waals surface area contributed by atoms with Crippen molar-refractivity contribution in [3.63, 3.8) is 0 Å². The first-order valence-electron chi connectivity index (χ1n) is 6.53. The summed E-state index contributed by atoms with van der Waals surface area (Å²) in [6, 6.07) is 8.91. The molecule has 5 nitrogen and oxygen atoms in total. The minimum atomic E-state index is -0.359. The lowest BCUT2D eigenvalue weighted by Crippen LogP contribution is -1.96. The van der Waals surface area contributed by atoms with E-state index in [1.807, 2.05) is 32.0 Å². The van der Waals surface area contributed by atoms with Gasteiger partial charge in [0.2, 0.25) is 0 Å². The molecule has 0 aliphatic rings. The van der Waals surface area contributed by atoms with E-state index >= 15 is 0 Å². The second-order valence-corrected chi connectivity index (χ2v) is 4.94. The highest BCUT2D eigenvalue weighted by molar-refractivity contribution is 5.94. The summed E-state index contributed by atoms with van der Waals surface area (Å²) in [6.07, 6.45) is 3.41. The summed E-state index contributed by atoms with van der Waals surface area (Å²) in [4.78, 5) is 19.5. The molecule has 3 aromatic rings. The van der Waals surface area contributed by atoms with Gasteiger partial charge < -0.3 is 0 Å². The van der Waals surface area contributed by atoms with Gasteiger partial charge in [0.1, 0.15) is 0 Å². The molecule has 0 radical (unpaired) electrons. The van der Waals surface area contributed by atoms with Crippen LogP contribution in [-0.2, 0) is 0 Å². The number of hydrogen-bond donors (Lipinski definition) is 0. The van der Waals surface area contributed by atoms with Gasteiger partial charge in [-0.2, -0.15) is 0 Å². The van der Waals surface area contributed by atoms with Crippen LogP contribution in [0.4, 0.5) is 5.69 Å². The number of fused-ring (bicyclic) bond motifs is 1. The van der Waals surface area contributed by atoms with Gasteiger partial charge in [0, 0.05) is 24.0 Å². The summed E-state index contributed by atoms with van der Waals surface area (Å²) in [5.74, 6) is 0. The van der Waals surface area contributed by atoms with Crippen molar-refractivity contribution < 1.29 is 4.92 Å². The van der Waals surface area contributed by atoms with E-state index in [0.29, 0.717) is 10.9 Å². The molecule has 0 atom stereocenters. The van der Waals surface area contributed by atoms with E-state index in [0.717, 1.165) is 22.4 Å². The van der Waals surface area contributed by atoms with Gasteiger partial charge >= 0.3 is 0 Å². The summed E-state index contributed by atoms with van der Waals surface area (Å²) in [5.41, 5.74) is 4.29. The van der Waals surface area contributed by atoms with Crippen molar-refractivity contribution in [2.24, 2.45) is 0 Å². The van der Waals surface area contributed by atoms with Gasteiger partial charge in [-0.15, -0.1) is 0 Å². The van der Waals surface area contributed by atoms with Crippen LogP contribution in [0.25, 0.3) is 22.2 Å². The molecule has 0 saturated carbocycles. The zero-order chi connectivity index (χ0) is 15.0. The Morgan fingerprint density at radius 2 is 1.76 bits per heavy atom. The fourth-order valence-electron chi connectivity index (χ4n) is 2.47. The van der Waals surface area contributed by atoms with E-state index < -0.39 is 0 Å². The Labute approximate surface area is 121 Å². The summed E-state index contributed by atoms with van der Waals surface area (Å²) >= 11 is 0. The number of pyridine rings is 2. The summed E-state index contributed by atoms with van der Waals surface area (Å²) in [6.45, 7) is 3.79. The SMILES string of the molecule is Cc1ccc([N+](=O)[O-])c2c(C)cc(-c3ccncc3)nc12. The van der Waals surface area contributed by atoms with Crippen LogP contribution in [0.5, 0.6) is 0 Å². The molecule has 0 fully saturated rings. The first kappa shape index (κ1) is 13.2. The fraction of sp³-hybridized carbons (Fsp3) is 0.125. The number of nitrogens with zero attached hydrogens (tertiary/aromatic N) is 3. The van der Waals surface area contributed by atoms with Gasteiger partial charge in [0.15, 0.2) is 0 Å². The Morgan fingerprint density at radius 1 is 1.05 bits per heavy atom. The van der Waals surface area contributed by atoms with Gasteiger partial charge in [0.05, 0.1) is 21.5 Å². The highest BCUT2D eigenvalue weighted by atomic mass is 16.6. The number of nitro groups is 1.